The van der Waals surface area contributed by atoms with Crippen LogP contribution in [0.25, 0.3) is 0 Å². The van der Waals surface area contributed by atoms with Crippen LogP contribution in [0.15, 0.2) is 66.7 Å². The van der Waals surface area contributed by atoms with Crippen LogP contribution in [0.5, 0.6) is 0 Å². The average Bonchev–Trinajstić information content (AvgIpc) is 2.48. The van der Waals surface area contributed by atoms with Crippen LogP contribution in [0.2, 0.25) is 0 Å². The number of hydrogen-bond acceptors (Lipinski definition) is 2. The van der Waals surface area contributed by atoms with Crippen molar-refractivity contribution in [3.05, 3.63) is 83.4 Å². The molecule has 19 heavy (non-hydrogen) atoms. The van der Waals surface area contributed by atoms with Gasteiger partial charge >= 0.3 is 0 Å². The minimum atomic E-state index is -0.0837. The van der Waals surface area contributed by atoms with Gasteiger partial charge in [0.15, 0.2) is 5.78 Å². The molecule has 0 unspecified atom stereocenters. The molecular formula is C17H14O2. The summed E-state index contributed by atoms with van der Waals surface area (Å²) in [5, 5.41) is 0. The van der Waals surface area contributed by atoms with Gasteiger partial charge in [-0.3, -0.25) is 9.59 Å². The third kappa shape index (κ3) is 3.75. The third-order valence-corrected chi connectivity index (χ3v) is 2.77. The molecule has 0 fully saturated rings. The molecule has 2 heteroatoms. The zero-order valence-corrected chi connectivity index (χ0v) is 10.5. The first kappa shape index (κ1) is 13.0. The van der Waals surface area contributed by atoms with Crippen molar-refractivity contribution < 1.29 is 9.59 Å². The molecule has 0 heterocycles. The molecule has 2 aromatic carbocycles. The topological polar surface area (TPSA) is 34.1 Å². The molecule has 0 aliphatic heterocycles. The number of carbonyl (C=O) groups is 2. The van der Waals surface area contributed by atoms with E-state index in [-0.39, 0.29) is 5.78 Å². The van der Waals surface area contributed by atoms with E-state index in [2.05, 4.69) is 0 Å². The lowest BCUT2D eigenvalue weighted by atomic mass is 10.1. The number of aldehydes is 1. The first-order valence-corrected chi connectivity index (χ1v) is 6.09. The van der Waals surface area contributed by atoms with Gasteiger partial charge < -0.3 is 0 Å². The molecule has 0 saturated carbocycles. The zero-order chi connectivity index (χ0) is 13.5. The van der Waals surface area contributed by atoms with E-state index in [1.807, 2.05) is 36.4 Å². The molecule has 0 amide bonds. The number of ketones is 1. The SMILES string of the molecule is O=Cc1cccc(C(=O)/C=C/Cc2ccccc2)c1. The van der Waals surface area contributed by atoms with E-state index < -0.39 is 0 Å². The minimum Gasteiger partial charge on any atom is -0.298 e. The maximum atomic E-state index is 11.9. The van der Waals surface area contributed by atoms with Crippen molar-refractivity contribution in [1.82, 2.24) is 0 Å². The normalized spacial score (nSPS) is 10.5. The van der Waals surface area contributed by atoms with Crippen LogP contribution in [0.1, 0.15) is 26.3 Å². The van der Waals surface area contributed by atoms with Gasteiger partial charge in [0, 0.05) is 11.1 Å². The molecule has 0 aromatic heterocycles. The molecule has 2 rings (SSSR count). The fourth-order valence-corrected chi connectivity index (χ4v) is 1.78. The highest BCUT2D eigenvalue weighted by Gasteiger charge is 2.01. The van der Waals surface area contributed by atoms with Crippen LogP contribution in [0.3, 0.4) is 0 Å². The molecule has 0 atom stereocenters. The largest absolute Gasteiger partial charge is 0.298 e. The smallest absolute Gasteiger partial charge is 0.185 e. The van der Waals surface area contributed by atoms with Crippen LogP contribution in [-0.2, 0) is 6.42 Å². The fourth-order valence-electron chi connectivity index (χ4n) is 1.78. The monoisotopic (exact) mass is 250 g/mol. The summed E-state index contributed by atoms with van der Waals surface area (Å²) in [6, 6.07) is 16.6. The lowest BCUT2D eigenvalue weighted by molar-refractivity contribution is 0.104. The van der Waals surface area contributed by atoms with E-state index in [0.29, 0.717) is 11.1 Å². The summed E-state index contributed by atoms with van der Waals surface area (Å²) >= 11 is 0. The van der Waals surface area contributed by atoms with Crippen molar-refractivity contribution in [2.75, 3.05) is 0 Å². The Hall–Kier alpha value is -2.48. The lowest BCUT2D eigenvalue weighted by Crippen LogP contribution is -1.95. The van der Waals surface area contributed by atoms with Gasteiger partial charge in [-0.05, 0) is 24.1 Å². The molecule has 0 radical (unpaired) electrons. The van der Waals surface area contributed by atoms with E-state index >= 15 is 0 Å². The van der Waals surface area contributed by atoms with Crippen molar-refractivity contribution in [3.8, 4) is 0 Å². The van der Waals surface area contributed by atoms with Gasteiger partial charge in [-0.15, -0.1) is 0 Å². The van der Waals surface area contributed by atoms with Crippen LogP contribution in [-0.4, -0.2) is 12.1 Å². The molecule has 0 saturated heterocycles. The summed E-state index contributed by atoms with van der Waals surface area (Å²) in [6.45, 7) is 0. The van der Waals surface area contributed by atoms with Crippen molar-refractivity contribution in [2.45, 2.75) is 6.42 Å². The second-order valence-corrected chi connectivity index (χ2v) is 4.20. The number of rotatable bonds is 5. The Labute approximate surface area is 112 Å². The average molecular weight is 250 g/mol. The highest BCUT2D eigenvalue weighted by atomic mass is 16.1. The fraction of sp³-hybridized carbons (Fsp3) is 0.0588. The maximum Gasteiger partial charge on any atom is 0.185 e. The zero-order valence-electron chi connectivity index (χ0n) is 10.5. The Bertz CT molecular complexity index is 598. The van der Waals surface area contributed by atoms with Gasteiger partial charge in [0.25, 0.3) is 0 Å². The van der Waals surface area contributed by atoms with Crippen molar-refractivity contribution in [3.63, 3.8) is 0 Å². The Morgan fingerprint density at radius 2 is 1.79 bits per heavy atom. The Balaban J connectivity index is 2.02. The molecular weight excluding hydrogens is 236 g/mol. The van der Waals surface area contributed by atoms with Gasteiger partial charge in [-0.2, -0.15) is 0 Å². The molecule has 0 spiro atoms. The summed E-state index contributed by atoms with van der Waals surface area (Å²) < 4.78 is 0. The van der Waals surface area contributed by atoms with Crippen molar-refractivity contribution >= 4 is 12.1 Å². The number of carbonyl (C=O) groups excluding carboxylic acids is 2. The van der Waals surface area contributed by atoms with E-state index in [9.17, 15) is 9.59 Å². The van der Waals surface area contributed by atoms with Gasteiger partial charge in [0.1, 0.15) is 6.29 Å². The van der Waals surface area contributed by atoms with Gasteiger partial charge in [-0.25, -0.2) is 0 Å². The first-order chi connectivity index (χ1) is 9.29. The Morgan fingerprint density at radius 3 is 2.53 bits per heavy atom. The quantitative estimate of drug-likeness (QED) is 0.462. The highest BCUT2D eigenvalue weighted by molar-refractivity contribution is 6.05. The number of benzene rings is 2. The molecule has 2 nitrogen and oxygen atoms in total. The third-order valence-electron chi connectivity index (χ3n) is 2.77. The summed E-state index contributed by atoms with van der Waals surface area (Å²) in [6.07, 6.45) is 4.85. The molecule has 94 valence electrons. The standard InChI is InChI=1S/C17H14O2/c18-13-15-9-4-10-16(12-15)17(19)11-5-8-14-6-2-1-3-7-14/h1-7,9-13H,8H2/b11-5+. The maximum absolute atomic E-state index is 11.9. The number of allylic oxidation sites excluding steroid dienone is 2. The molecule has 0 aliphatic rings. The summed E-state index contributed by atoms with van der Waals surface area (Å²) in [5.74, 6) is -0.0837. The van der Waals surface area contributed by atoms with Gasteiger partial charge in [0.2, 0.25) is 0 Å². The second-order valence-electron chi connectivity index (χ2n) is 4.20. The van der Waals surface area contributed by atoms with Crippen LogP contribution in [0, 0.1) is 0 Å². The van der Waals surface area contributed by atoms with E-state index in [0.717, 1.165) is 18.3 Å². The van der Waals surface area contributed by atoms with Crippen LogP contribution >= 0.6 is 0 Å². The highest BCUT2D eigenvalue weighted by Crippen LogP contribution is 2.06. The lowest BCUT2D eigenvalue weighted by Gasteiger charge is -1.97. The van der Waals surface area contributed by atoms with Gasteiger partial charge in [-0.1, -0.05) is 54.6 Å². The van der Waals surface area contributed by atoms with Crippen LogP contribution in [0.4, 0.5) is 0 Å². The van der Waals surface area contributed by atoms with Crippen molar-refractivity contribution in [2.24, 2.45) is 0 Å². The molecule has 0 bridgehead atoms. The molecule has 0 N–H and O–H groups in total. The second kappa shape index (κ2) is 6.45. The molecule has 0 aliphatic carbocycles. The minimum absolute atomic E-state index is 0.0837. The first-order valence-electron chi connectivity index (χ1n) is 6.09. The predicted octanol–water partition coefficient (Wildman–Crippen LogP) is 3.48. The van der Waals surface area contributed by atoms with Gasteiger partial charge in [0.05, 0.1) is 0 Å². The van der Waals surface area contributed by atoms with E-state index in [1.54, 1.807) is 30.3 Å². The van der Waals surface area contributed by atoms with E-state index in [1.165, 1.54) is 0 Å². The van der Waals surface area contributed by atoms with Crippen molar-refractivity contribution in [1.29, 1.82) is 0 Å². The Kier molecular flexibility index (Phi) is 4.40. The summed E-state index contributed by atoms with van der Waals surface area (Å²) in [7, 11) is 0. The Morgan fingerprint density at radius 1 is 1.00 bits per heavy atom. The van der Waals surface area contributed by atoms with Crippen LogP contribution < -0.4 is 0 Å². The summed E-state index contributed by atoms with van der Waals surface area (Å²) in [4.78, 5) is 22.6. The molecule has 2 aromatic rings. The summed E-state index contributed by atoms with van der Waals surface area (Å²) in [5.41, 5.74) is 2.21. The predicted molar refractivity (Wildman–Crippen MR) is 75.4 cm³/mol. The van der Waals surface area contributed by atoms with E-state index in [4.69, 9.17) is 0 Å². The number of hydrogen-bond donors (Lipinski definition) is 0.